The Kier molecular flexibility index (Phi) is 8.49. The van der Waals surface area contributed by atoms with Crippen LogP contribution in [0.3, 0.4) is 0 Å². The first-order chi connectivity index (χ1) is 10.6. The number of ether oxygens (including phenoxy) is 2. The number of methoxy groups -OCH3 is 1. The van der Waals surface area contributed by atoms with Crippen molar-refractivity contribution in [2.75, 3.05) is 26.8 Å². The summed E-state index contributed by atoms with van der Waals surface area (Å²) in [4.78, 5) is 22.2. The van der Waals surface area contributed by atoms with Crippen LogP contribution in [0.4, 0.5) is 0 Å². The molecule has 6 nitrogen and oxygen atoms in total. The minimum Gasteiger partial charge on any atom is -0.497 e. The number of carbonyl (C=O) groups excluding carboxylic acids is 2. The van der Waals surface area contributed by atoms with E-state index >= 15 is 0 Å². The van der Waals surface area contributed by atoms with Crippen LogP contribution in [0.5, 0.6) is 11.5 Å². The van der Waals surface area contributed by atoms with Crippen LogP contribution >= 0.6 is 0 Å². The topological polar surface area (TPSA) is 76.7 Å². The fraction of sp³-hybridized carbons (Fsp3) is 0.500. The Morgan fingerprint density at radius 3 is 2.27 bits per heavy atom. The maximum Gasteiger partial charge on any atom is 0.220 e. The molecule has 0 aliphatic rings. The van der Waals surface area contributed by atoms with Gasteiger partial charge in [0.1, 0.15) is 11.5 Å². The first-order valence-electron chi connectivity index (χ1n) is 7.40. The zero-order valence-electron chi connectivity index (χ0n) is 13.2. The van der Waals surface area contributed by atoms with Crippen LogP contribution in [-0.2, 0) is 9.59 Å². The summed E-state index contributed by atoms with van der Waals surface area (Å²) < 4.78 is 10.6. The van der Waals surface area contributed by atoms with Crippen LogP contribution < -0.4 is 20.1 Å². The van der Waals surface area contributed by atoms with E-state index in [-0.39, 0.29) is 11.8 Å². The molecule has 0 heterocycles. The van der Waals surface area contributed by atoms with Crippen LogP contribution in [0.1, 0.15) is 26.2 Å². The zero-order chi connectivity index (χ0) is 16.2. The molecule has 0 aromatic heterocycles. The van der Waals surface area contributed by atoms with Gasteiger partial charge in [-0.2, -0.15) is 0 Å². The first kappa shape index (κ1) is 17.8. The summed E-state index contributed by atoms with van der Waals surface area (Å²) in [5.41, 5.74) is 0. The van der Waals surface area contributed by atoms with Gasteiger partial charge in [0.15, 0.2) is 0 Å². The third kappa shape index (κ3) is 8.14. The van der Waals surface area contributed by atoms with Gasteiger partial charge in [0, 0.05) is 26.4 Å². The highest BCUT2D eigenvalue weighted by Crippen LogP contribution is 2.17. The van der Waals surface area contributed by atoms with Crippen LogP contribution in [0, 0.1) is 0 Å². The van der Waals surface area contributed by atoms with Gasteiger partial charge in [-0.3, -0.25) is 9.59 Å². The molecule has 0 aliphatic heterocycles. The van der Waals surface area contributed by atoms with E-state index in [2.05, 4.69) is 10.6 Å². The number of nitrogens with one attached hydrogen (secondary N) is 2. The summed E-state index contributed by atoms with van der Waals surface area (Å²) in [6, 6.07) is 7.33. The molecule has 0 spiro atoms. The van der Waals surface area contributed by atoms with Crippen molar-refractivity contribution in [3.05, 3.63) is 24.3 Å². The van der Waals surface area contributed by atoms with Crippen molar-refractivity contribution >= 4 is 11.8 Å². The van der Waals surface area contributed by atoms with Crippen molar-refractivity contribution in [3.8, 4) is 11.5 Å². The minimum absolute atomic E-state index is 0.00107. The number of benzene rings is 1. The smallest absolute Gasteiger partial charge is 0.220 e. The Bertz CT molecular complexity index is 460. The van der Waals surface area contributed by atoms with Gasteiger partial charge >= 0.3 is 0 Å². The Morgan fingerprint density at radius 2 is 1.64 bits per heavy atom. The molecule has 0 fully saturated rings. The Balaban J connectivity index is 2.03. The van der Waals surface area contributed by atoms with E-state index in [1.165, 1.54) is 6.92 Å². The highest BCUT2D eigenvalue weighted by atomic mass is 16.5. The third-order valence-electron chi connectivity index (χ3n) is 2.93. The molecule has 0 saturated heterocycles. The van der Waals surface area contributed by atoms with Crippen LogP contribution in [0.2, 0.25) is 0 Å². The molecule has 1 aromatic carbocycles. The first-order valence-corrected chi connectivity index (χ1v) is 7.40. The summed E-state index contributed by atoms with van der Waals surface area (Å²) in [5.74, 6) is 1.49. The molecule has 0 unspecified atom stereocenters. The molecule has 0 saturated carbocycles. The molecule has 22 heavy (non-hydrogen) atoms. The second-order valence-corrected chi connectivity index (χ2v) is 4.81. The summed E-state index contributed by atoms with van der Waals surface area (Å²) >= 11 is 0. The van der Waals surface area contributed by atoms with Crippen LogP contribution in [0.15, 0.2) is 24.3 Å². The van der Waals surface area contributed by atoms with Gasteiger partial charge < -0.3 is 20.1 Å². The van der Waals surface area contributed by atoms with E-state index in [9.17, 15) is 9.59 Å². The Labute approximate surface area is 131 Å². The summed E-state index contributed by atoms with van der Waals surface area (Å²) in [7, 11) is 1.62. The average molecular weight is 308 g/mol. The van der Waals surface area contributed by atoms with Crippen molar-refractivity contribution in [3.63, 3.8) is 0 Å². The maximum atomic E-state index is 11.6. The highest BCUT2D eigenvalue weighted by Gasteiger charge is 2.01. The standard InChI is InChI=1S/C16H24N2O4/c1-13(19)17-10-4-11-18-16(20)5-3-12-22-15-8-6-14(21-2)7-9-15/h6-9H,3-5,10-12H2,1-2H3,(H,17,19)(H,18,20). The molecule has 6 heteroatoms. The van der Waals surface area contributed by atoms with Crippen molar-refractivity contribution < 1.29 is 19.1 Å². The predicted molar refractivity (Wildman–Crippen MR) is 84.0 cm³/mol. The molecule has 2 amide bonds. The van der Waals surface area contributed by atoms with Crippen molar-refractivity contribution in [2.45, 2.75) is 26.2 Å². The summed E-state index contributed by atoms with van der Waals surface area (Å²) in [6.45, 7) is 3.11. The Hall–Kier alpha value is -2.24. The molecule has 1 rings (SSSR count). The van der Waals surface area contributed by atoms with Gasteiger partial charge in [-0.05, 0) is 37.1 Å². The lowest BCUT2D eigenvalue weighted by molar-refractivity contribution is -0.121. The molecule has 0 atom stereocenters. The molecule has 2 N–H and O–H groups in total. The predicted octanol–water partition coefficient (Wildman–Crippen LogP) is 1.50. The van der Waals surface area contributed by atoms with Gasteiger partial charge in [-0.25, -0.2) is 0 Å². The lowest BCUT2D eigenvalue weighted by atomic mass is 10.3. The molecule has 122 valence electrons. The lowest BCUT2D eigenvalue weighted by Gasteiger charge is -2.08. The Morgan fingerprint density at radius 1 is 1.00 bits per heavy atom. The number of hydrogen-bond donors (Lipinski definition) is 2. The van der Waals surface area contributed by atoms with Crippen molar-refractivity contribution in [2.24, 2.45) is 0 Å². The van der Waals surface area contributed by atoms with Gasteiger partial charge in [-0.15, -0.1) is 0 Å². The van der Waals surface area contributed by atoms with Gasteiger partial charge in [0.25, 0.3) is 0 Å². The second kappa shape index (κ2) is 10.5. The lowest BCUT2D eigenvalue weighted by Crippen LogP contribution is -2.28. The summed E-state index contributed by atoms with van der Waals surface area (Å²) in [5, 5.41) is 5.49. The number of carbonyl (C=O) groups is 2. The molecule has 0 aliphatic carbocycles. The van der Waals surface area contributed by atoms with Gasteiger partial charge in [0.05, 0.1) is 13.7 Å². The van der Waals surface area contributed by atoms with E-state index < -0.39 is 0 Å². The molecule has 1 aromatic rings. The molecule has 0 bridgehead atoms. The summed E-state index contributed by atoms with van der Waals surface area (Å²) in [6.07, 6.45) is 1.81. The van der Waals surface area contributed by atoms with Gasteiger partial charge in [-0.1, -0.05) is 0 Å². The van der Waals surface area contributed by atoms with Crippen molar-refractivity contribution in [1.82, 2.24) is 10.6 Å². The second-order valence-electron chi connectivity index (χ2n) is 4.81. The number of hydrogen-bond acceptors (Lipinski definition) is 4. The van der Waals surface area contributed by atoms with Crippen LogP contribution in [0.25, 0.3) is 0 Å². The SMILES string of the molecule is COc1ccc(OCCCC(=O)NCCCNC(C)=O)cc1. The maximum absolute atomic E-state index is 11.6. The molecule has 0 radical (unpaired) electrons. The largest absolute Gasteiger partial charge is 0.497 e. The average Bonchev–Trinajstić information content (AvgIpc) is 2.51. The van der Waals surface area contributed by atoms with Crippen molar-refractivity contribution in [1.29, 1.82) is 0 Å². The fourth-order valence-corrected chi connectivity index (χ4v) is 1.76. The quantitative estimate of drug-likeness (QED) is 0.642. The number of amides is 2. The molecular formula is C16H24N2O4. The van der Waals surface area contributed by atoms with E-state index in [4.69, 9.17) is 9.47 Å². The van der Waals surface area contributed by atoms with Crippen LogP contribution in [-0.4, -0.2) is 38.6 Å². The monoisotopic (exact) mass is 308 g/mol. The highest BCUT2D eigenvalue weighted by molar-refractivity contribution is 5.75. The fourth-order valence-electron chi connectivity index (χ4n) is 1.76. The minimum atomic E-state index is -0.0537. The van der Waals surface area contributed by atoms with E-state index in [1.807, 2.05) is 24.3 Å². The van der Waals surface area contributed by atoms with Gasteiger partial charge in [0.2, 0.25) is 11.8 Å². The van der Waals surface area contributed by atoms with E-state index in [0.29, 0.717) is 32.5 Å². The molecular weight excluding hydrogens is 284 g/mol. The third-order valence-corrected chi connectivity index (χ3v) is 2.93. The van der Waals surface area contributed by atoms with E-state index in [0.717, 1.165) is 17.9 Å². The zero-order valence-corrected chi connectivity index (χ0v) is 13.2. The normalized spacial score (nSPS) is 9.91. The number of rotatable bonds is 10. The van der Waals surface area contributed by atoms with E-state index in [1.54, 1.807) is 7.11 Å².